The topological polar surface area (TPSA) is 75.2 Å². The van der Waals surface area contributed by atoms with Gasteiger partial charge in [-0.15, -0.1) is 0 Å². The normalized spacial score (nSPS) is 18.3. The van der Waals surface area contributed by atoms with Crippen LogP contribution < -0.4 is 4.72 Å². The molecule has 1 aromatic heterocycles. The average molecular weight is 340 g/mol. The summed E-state index contributed by atoms with van der Waals surface area (Å²) in [6, 6.07) is 5.57. The lowest BCUT2D eigenvalue weighted by Gasteiger charge is -2.34. The van der Waals surface area contributed by atoms with Gasteiger partial charge in [0, 0.05) is 12.1 Å². The smallest absolute Gasteiger partial charge is 0.243 e. The number of likely N-dealkylation sites (tertiary alicyclic amines) is 1. The number of aromatic nitrogens is 2. The van der Waals surface area contributed by atoms with Crippen molar-refractivity contribution in [3.05, 3.63) is 18.2 Å². The molecule has 1 aliphatic rings. The van der Waals surface area contributed by atoms with Crippen LogP contribution in [0.25, 0.3) is 11.0 Å². The second-order valence-corrected chi connectivity index (χ2v) is 8.12. The molecular formula is C14H20N4O2S2. The molecule has 1 aromatic carbocycles. The molecule has 0 amide bonds. The van der Waals surface area contributed by atoms with Crippen molar-refractivity contribution < 1.29 is 8.42 Å². The molecule has 0 saturated carbocycles. The number of benzene rings is 1. The Hall–Kier alpha value is -1.09. The van der Waals surface area contributed by atoms with E-state index in [1.165, 1.54) is 0 Å². The molecule has 22 heavy (non-hydrogen) atoms. The molecular weight excluding hydrogens is 320 g/mol. The first-order valence-electron chi connectivity index (χ1n) is 7.45. The highest BCUT2D eigenvalue weighted by Gasteiger charge is 2.27. The molecule has 1 saturated heterocycles. The van der Waals surface area contributed by atoms with Crippen molar-refractivity contribution in [2.45, 2.75) is 43.7 Å². The Kier molecular flexibility index (Phi) is 4.44. The number of sulfonamides is 1. The van der Waals surface area contributed by atoms with Crippen LogP contribution in [-0.2, 0) is 10.0 Å². The van der Waals surface area contributed by atoms with Gasteiger partial charge in [0.2, 0.25) is 10.0 Å². The number of nitrogens with one attached hydrogen (secondary N) is 1. The van der Waals surface area contributed by atoms with Gasteiger partial charge in [0.25, 0.3) is 0 Å². The molecule has 0 unspecified atom stereocenters. The molecule has 120 valence electrons. The van der Waals surface area contributed by atoms with Crippen molar-refractivity contribution in [1.82, 2.24) is 18.4 Å². The van der Waals surface area contributed by atoms with Gasteiger partial charge in [-0.05, 0) is 51.9 Å². The van der Waals surface area contributed by atoms with Gasteiger partial charge in [-0.2, -0.15) is 8.75 Å². The summed E-state index contributed by atoms with van der Waals surface area (Å²) in [7, 11) is -3.56. The van der Waals surface area contributed by atoms with E-state index in [1.807, 2.05) is 0 Å². The molecule has 1 N–H and O–H groups in total. The van der Waals surface area contributed by atoms with Gasteiger partial charge < -0.3 is 4.90 Å². The first-order valence-corrected chi connectivity index (χ1v) is 9.66. The number of piperidine rings is 1. The first-order chi connectivity index (χ1) is 10.5. The molecule has 1 fully saturated rings. The third-order valence-electron chi connectivity index (χ3n) is 4.12. The van der Waals surface area contributed by atoms with E-state index in [2.05, 4.69) is 32.2 Å². The molecule has 0 spiro atoms. The predicted molar refractivity (Wildman–Crippen MR) is 87.5 cm³/mol. The average Bonchev–Trinajstić information content (AvgIpc) is 2.95. The fraction of sp³-hybridized carbons (Fsp3) is 0.571. The quantitative estimate of drug-likeness (QED) is 0.919. The molecule has 0 atom stereocenters. The monoisotopic (exact) mass is 340 g/mol. The Balaban J connectivity index is 1.76. The summed E-state index contributed by atoms with van der Waals surface area (Å²) in [6.45, 7) is 6.18. The van der Waals surface area contributed by atoms with Crippen molar-refractivity contribution in [3.8, 4) is 0 Å². The van der Waals surface area contributed by atoms with Gasteiger partial charge in [-0.1, -0.05) is 6.07 Å². The van der Waals surface area contributed by atoms with Crippen LogP contribution in [-0.4, -0.2) is 47.2 Å². The minimum Gasteiger partial charge on any atom is -0.301 e. The SMILES string of the molecule is CC(C)N1CCC(NS(=O)(=O)c2cccc3nsnc23)CC1. The highest BCUT2D eigenvalue weighted by atomic mass is 32.2. The first kappa shape index (κ1) is 15.8. The largest absolute Gasteiger partial charge is 0.301 e. The fourth-order valence-electron chi connectivity index (χ4n) is 2.81. The molecule has 6 nitrogen and oxygen atoms in total. The van der Waals surface area contributed by atoms with E-state index in [-0.39, 0.29) is 10.9 Å². The van der Waals surface area contributed by atoms with Crippen molar-refractivity contribution in [1.29, 1.82) is 0 Å². The minimum atomic E-state index is -3.56. The van der Waals surface area contributed by atoms with Crippen molar-refractivity contribution in [3.63, 3.8) is 0 Å². The molecule has 2 aromatic rings. The van der Waals surface area contributed by atoms with Crippen LogP contribution >= 0.6 is 11.7 Å². The lowest BCUT2D eigenvalue weighted by Crippen LogP contribution is -2.46. The molecule has 2 heterocycles. The van der Waals surface area contributed by atoms with Crippen molar-refractivity contribution in [2.75, 3.05) is 13.1 Å². The van der Waals surface area contributed by atoms with Crippen LogP contribution in [0, 0.1) is 0 Å². The lowest BCUT2D eigenvalue weighted by atomic mass is 10.1. The van der Waals surface area contributed by atoms with Crippen LogP contribution in [0.1, 0.15) is 26.7 Å². The van der Waals surface area contributed by atoms with Gasteiger partial charge in [0.05, 0.1) is 11.7 Å². The third kappa shape index (κ3) is 3.15. The number of hydrogen-bond acceptors (Lipinski definition) is 6. The van der Waals surface area contributed by atoms with Crippen LogP contribution in [0.5, 0.6) is 0 Å². The maximum absolute atomic E-state index is 12.6. The van der Waals surface area contributed by atoms with E-state index in [1.54, 1.807) is 18.2 Å². The van der Waals surface area contributed by atoms with E-state index in [4.69, 9.17) is 0 Å². The fourth-order valence-corrected chi connectivity index (χ4v) is 4.89. The molecule has 0 radical (unpaired) electrons. The van der Waals surface area contributed by atoms with Gasteiger partial charge in [-0.25, -0.2) is 13.1 Å². The van der Waals surface area contributed by atoms with Gasteiger partial charge in [0.1, 0.15) is 15.9 Å². The van der Waals surface area contributed by atoms with Gasteiger partial charge in [0.15, 0.2) is 0 Å². The van der Waals surface area contributed by atoms with Crippen LogP contribution in [0.15, 0.2) is 23.1 Å². The number of fused-ring (bicyclic) bond motifs is 1. The molecule has 8 heteroatoms. The van der Waals surface area contributed by atoms with Crippen LogP contribution in [0.3, 0.4) is 0 Å². The van der Waals surface area contributed by atoms with Gasteiger partial charge in [-0.3, -0.25) is 0 Å². The second kappa shape index (κ2) is 6.19. The summed E-state index contributed by atoms with van der Waals surface area (Å²) in [4.78, 5) is 2.60. The zero-order chi connectivity index (χ0) is 15.7. The molecule has 3 rings (SSSR count). The summed E-state index contributed by atoms with van der Waals surface area (Å²) >= 11 is 1.03. The van der Waals surface area contributed by atoms with Gasteiger partial charge >= 0.3 is 0 Å². The Morgan fingerprint density at radius 3 is 2.68 bits per heavy atom. The summed E-state index contributed by atoms with van der Waals surface area (Å²) in [6.07, 6.45) is 1.67. The second-order valence-electron chi connectivity index (χ2n) is 5.91. The Bertz CT molecular complexity index is 749. The lowest BCUT2D eigenvalue weighted by molar-refractivity contribution is 0.168. The summed E-state index contributed by atoms with van der Waals surface area (Å²) in [5.74, 6) is 0. The highest BCUT2D eigenvalue weighted by molar-refractivity contribution is 7.89. The third-order valence-corrected chi connectivity index (χ3v) is 6.21. The van der Waals surface area contributed by atoms with E-state index in [9.17, 15) is 8.42 Å². The predicted octanol–water partition coefficient (Wildman–Crippen LogP) is 1.84. The number of hydrogen-bond donors (Lipinski definition) is 1. The summed E-state index contributed by atoms with van der Waals surface area (Å²) in [5.41, 5.74) is 1.09. The Labute approximate surface area is 134 Å². The summed E-state index contributed by atoms with van der Waals surface area (Å²) in [5, 5.41) is 0. The molecule has 1 aliphatic heterocycles. The van der Waals surface area contributed by atoms with E-state index in [0.717, 1.165) is 37.7 Å². The molecule has 0 aliphatic carbocycles. The Morgan fingerprint density at radius 2 is 2.00 bits per heavy atom. The number of rotatable bonds is 4. The standard InChI is InChI=1S/C14H20N4O2S2/c1-10(2)18-8-6-11(7-9-18)17-22(19,20)13-5-3-4-12-14(13)16-21-15-12/h3-5,10-11,17H,6-9H2,1-2H3. The van der Waals surface area contributed by atoms with E-state index >= 15 is 0 Å². The highest BCUT2D eigenvalue weighted by Crippen LogP contribution is 2.22. The molecule has 0 bridgehead atoms. The number of nitrogens with zero attached hydrogens (tertiary/aromatic N) is 3. The van der Waals surface area contributed by atoms with E-state index < -0.39 is 10.0 Å². The Morgan fingerprint density at radius 1 is 1.27 bits per heavy atom. The van der Waals surface area contributed by atoms with Crippen molar-refractivity contribution in [2.24, 2.45) is 0 Å². The van der Waals surface area contributed by atoms with Crippen molar-refractivity contribution >= 4 is 32.8 Å². The zero-order valence-corrected chi connectivity index (χ0v) is 14.3. The maximum Gasteiger partial charge on any atom is 0.243 e. The zero-order valence-electron chi connectivity index (χ0n) is 12.7. The maximum atomic E-state index is 12.6. The van der Waals surface area contributed by atoms with Crippen LogP contribution in [0.4, 0.5) is 0 Å². The van der Waals surface area contributed by atoms with Crippen LogP contribution in [0.2, 0.25) is 0 Å². The van der Waals surface area contributed by atoms with E-state index in [0.29, 0.717) is 17.1 Å². The summed E-state index contributed by atoms with van der Waals surface area (Å²) < 4.78 is 36.3. The minimum absolute atomic E-state index is 0.0122.